The Morgan fingerprint density at radius 3 is 2.65 bits per heavy atom. The van der Waals surface area contributed by atoms with Crippen LogP contribution in [0.3, 0.4) is 0 Å². The molecule has 104 valence electrons. The molecule has 1 amide bonds. The molecule has 0 radical (unpaired) electrons. The number of carbonyl (C=O) groups is 1. The summed E-state index contributed by atoms with van der Waals surface area (Å²) in [5, 5.41) is 3.25. The predicted molar refractivity (Wildman–Crippen MR) is 80.3 cm³/mol. The molecule has 5 nitrogen and oxygen atoms in total. The monoisotopic (exact) mass is 270 g/mol. The summed E-state index contributed by atoms with van der Waals surface area (Å²) in [6.45, 7) is 2.06. The smallest absolute Gasteiger partial charge is 0.252 e. The third kappa shape index (κ3) is 3.06. The summed E-state index contributed by atoms with van der Waals surface area (Å²) >= 11 is 0. The third-order valence-electron chi connectivity index (χ3n) is 3.10. The van der Waals surface area contributed by atoms with Gasteiger partial charge in [-0.3, -0.25) is 4.79 Å². The minimum absolute atomic E-state index is 0.0606. The fourth-order valence-electron chi connectivity index (χ4n) is 2.06. The van der Waals surface area contributed by atoms with Crippen molar-refractivity contribution in [2.45, 2.75) is 19.4 Å². The summed E-state index contributed by atoms with van der Waals surface area (Å²) < 4.78 is 0. The van der Waals surface area contributed by atoms with Gasteiger partial charge in [-0.2, -0.15) is 0 Å². The van der Waals surface area contributed by atoms with Gasteiger partial charge in [0.05, 0.1) is 23.5 Å². The van der Waals surface area contributed by atoms with Crippen molar-refractivity contribution < 1.29 is 4.79 Å². The number of rotatable bonds is 5. The number of hydrogen-bond donors (Lipinski definition) is 3. The first-order valence-corrected chi connectivity index (χ1v) is 6.48. The van der Waals surface area contributed by atoms with E-state index in [-0.39, 0.29) is 6.04 Å². The highest BCUT2D eigenvalue weighted by atomic mass is 16.1. The first-order valence-electron chi connectivity index (χ1n) is 6.48. The lowest BCUT2D eigenvalue weighted by atomic mass is 10.0. The maximum atomic E-state index is 11.5. The Hall–Kier alpha value is -2.56. The van der Waals surface area contributed by atoms with Crippen LogP contribution in [0.25, 0.3) is 0 Å². The molecule has 0 aliphatic carbocycles. The van der Waals surface area contributed by atoms with Gasteiger partial charge in [0.15, 0.2) is 0 Å². The fraction of sp³-hybridized carbons (Fsp3) is 0.200. The average Bonchev–Trinajstić information content (AvgIpc) is 2.46. The van der Waals surface area contributed by atoms with Crippen LogP contribution in [0.4, 0.5) is 11.5 Å². The normalized spacial score (nSPS) is 11.8. The predicted octanol–water partition coefficient (Wildman–Crippen LogP) is 2.33. The lowest BCUT2D eigenvalue weighted by Gasteiger charge is -2.19. The molecule has 2 rings (SSSR count). The van der Waals surface area contributed by atoms with Crippen LogP contribution >= 0.6 is 0 Å². The zero-order chi connectivity index (χ0) is 14.5. The number of primary amides is 1. The molecule has 1 aromatic heterocycles. The van der Waals surface area contributed by atoms with Gasteiger partial charge in [-0.1, -0.05) is 37.3 Å². The van der Waals surface area contributed by atoms with Crippen LogP contribution in [0.5, 0.6) is 0 Å². The molecule has 1 atom stereocenters. The molecule has 0 fully saturated rings. The maximum absolute atomic E-state index is 11.5. The molecular weight excluding hydrogens is 252 g/mol. The van der Waals surface area contributed by atoms with Gasteiger partial charge in [0, 0.05) is 0 Å². The second-order valence-corrected chi connectivity index (χ2v) is 4.54. The molecule has 5 heteroatoms. The van der Waals surface area contributed by atoms with Crippen LogP contribution in [-0.4, -0.2) is 10.9 Å². The quantitative estimate of drug-likeness (QED) is 0.777. The standard InChI is InChI=1S/C15H18N4O/c1-2-13(10-6-4-3-5-7-10)19-15-12(14(17)20)8-11(16)9-18-15/h3-9,13H,2,16H2,1H3,(H2,17,20)(H,18,19). The first kappa shape index (κ1) is 13.9. The van der Waals surface area contributed by atoms with E-state index in [1.807, 2.05) is 30.3 Å². The molecule has 20 heavy (non-hydrogen) atoms. The van der Waals surface area contributed by atoms with Crippen molar-refractivity contribution in [3.8, 4) is 0 Å². The van der Waals surface area contributed by atoms with E-state index in [1.165, 1.54) is 12.3 Å². The lowest BCUT2D eigenvalue weighted by Crippen LogP contribution is -2.18. The summed E-state index contributed by atoms with van der Waals surface area (Å²) in [6, 6.07) is 11.6. The van der Waals surface area contributed by atoms with Gasteiger partial charge in [-0.25, -0.2) is 4.98 Å². The Labute approximate surface area is 118 Å². The molecule has 0 bridgehead atoms. The van der Waals surface area contributed by atoms with Crippen LogP contribution < -0.4 is 16.8 Å². The Bertz CT molecular complexity index is 598. The van der Waals surface area contributed by atoms with E-state index in [1.54, 1.807) is 0 Å². The van der Waals surface area contributed by atoms with E-state index in [9.17, 15) is 4.79 Å². The van der Waals surface area contributed by atoms with Crippen LogP contribution in [0, 0.1) is 0 Å². The van der Waals surface area contributed by atoms with Crippen molar-refractivity contribution in [3.05, 3.63) is 53.7 Å². The molecule has 5 N–H and O–H groups in total. The number of carbonyl (C=O) groups excluding carboxylic acids is 1. The van der Waals surface area contributed by atoms with Crippen molar-refractivity contribution in [2.24, 2.45) is 5.73 Å². The van der Waals surface area contributed by atoms with Gasteiger partial charge in [0.1, 0.15) is 5.82 Å². The third-order valence-corrected chi connectivity index (χ3v) is 3.10. The molecule has 0 saturated carbocycles. The summed E-state index contributed by atoms with van der Waals surface area (Å²) in [6.07, 6.45) is 2.36. The number of nitrogen functional groups attached to an aromatic ring is 1. The summed E-state index contributed by atoms with van der Waals surface area (Å²) in [4.78, 5) is 15.6. The largest absolute Gasteiger partial charge is 0.397 e. The number of benzene rings is 1. The zero-order valence-electron chi connectivity index (χ0n) is 11.3. The number of anilines is 2. The number of hydrogen-bond acceptors (Lipinski definition) is 4. The maximum Gasteiger partial charge on any atom is 0.252 e. The van der Waals surface area contributed by atoms with Gasteiger partial charge in [0.25, 0.3) is 5.91 Å². The van der Waals surface area contributed by atoms with Gasteiger partial charge < -0.3 is 16.8 Å². The number of pyridine rings is 1. The van der Waals surface area contributed by atoms with Crippen LogP contribution in [-0.2, 0) is 0 Å². The van der Waals surface area contributed by atoms with Crippen LogP contribution in [0.1, 0.15) is 35.3 Å². The second kappa shape index (κ2) is 6.06. The molecule has 0 saturated heterocycles. The SMILES string of the molecule is CCC(Nc1ncc(N)cc1C(N)=O)c1ccccc1. The number of nitrogens with one attached hydrogen (secondary N) is 1. The topological polar surface area (TPSA) is 94.0 Å². The van der Waals surface area contributed by atoms with Crippen molar-refractivity contribution in [1.82, 2.24) is 4.98 Å². The summed E-state index contributed by atoms with van der Waals surface area (Å²) in [5.41, 5.74) is 12.9. The molecule has 0 spiro atoms. The number of nitrogens with zero attached hydrogens (tertiary/aromatic N) is 1. The number of amides is 1. The molecular formula is C15H18N4O. The van der Waals surface area contributed by atoms with Gasteiger partial charge in [0.2, 0.25) is 0 Å². The summed E-state index contributed by atoms with van der Waals surface area (Å²) in [7, 11) is 0. The number of nitrogens with two attached hydrogens (primary N) is 2. The Morgan fingerprint density at radius 2 is 2.05 bits per heavy atom. The van der Waals surface area contributed by atoms with E-state index in [2.05, 4.69) is 17.2 Å². The molecule has 0 aliphatic heterocycles. The molecule has 1 heterocycles. The highest BCUT2D eigenvalue weighted by Gasteiger charge is 2.15. The highest BCUT2D eigenvalue weighted by molar-refractivity contribution is 5.98. The van der Waals surface area contributed by atoms with Crippen molar-refractivity contribution in [3.63, 3.8) is 0 Å². The zero-order valence-corrected chi connectivity index (χ0v) is 11.3. The molecule has 0 aliphatic rings. The number of aromatic nitrogens is 1. The van der Waals surface area contributed by atoms with Crippen molar-refractivity contribution >= 4 is 17.4 Å². The average molecular weight is 270 g/mol. The van der Waals surface area contributed by atoms with Crippen molar-refractivity contribution in [2.75, 3.05) is 11.1 Å². The lowest BCUT2D eigenvalue weighted by molar-refractivity contribution is 0.100. The van der Waals surface area contributed by atoms with E-state index in [4.69, 9.17) is 11.5 Å². The van der Waals surface area contributed by atoms with Gasteiger partial charge in [-0.05, 0) is 18.1 Å². The minimum atomic E-state index is -0.546. The van der Waals surface area contributed by atoms with E-state index in [0.29, 0.717) is 17.1 Å². The fourth-order valence-corrected chi connectivity index (χ4v) is 2.06. The Kier molecular flexibility index (Phi) is 4.20. The van der Waals surface area contributed by atoms with Gasteiger partial charge >= 0.3 is 0 Å². The van der Waals surface area contributed by atoms with E-state index < -0.39 is 5.91 Å². The molecule has 2 aromatic rings. The highest BCUT2D eigenvalue weighted by Crippen LogP contribution is 2.24. The Morgan fingerprint density at radius 1 is 1.35 bits per heavy atom. The van der Waals surface area contributed by atoms with E-state index in [0.717, 1.165) is 12.0 Å². The molecule has 1 aromatic carbocycles. The Balaban J connectivity index is 2.31. The van der Waals surface area contributed by atoms with Gasteiger partial charge in [-0.15, -0.1) is 0 Å². The van der Waals surface area contributed by atoms with Crippen LogP contribution in [0.2, 0.25) is 0 Å². The summed E-state index contributed by atoms with van der Waals surface area (Å²) in [5.74, 6) is -0.0855. The van der Waals surface area contributed by atoms with Crippen LogP contribution in [0.15, 0.2) is 42.6 Å². The molecule has 1 unspecified atom stereocenters. The second-order valence-electron chi connectivity index (χ2n) is 4.54. The van der Waals surface area contributed by atoms with E-state index >= 15 is 0 Å². The first-order chi connectivity index (χ1) is 9.61. The minimum Gasteiger partial charge on any atom is -0.397 e. The van der Waals surface area contributed by atoms with Crippen molar-refractivity contribution in [1.29, 1.82) is 0 Å².